The predicted molar refractivity (Wildman–Crippen MR) is 94.5 cm³/mol. The number of ether oxygens (including phenoxy) is 2. The summed E-state index contributed by atoms with van der Waals surface area (Å²) < 4.78 is 12.7. The van der Waals surface area contributed by atoms with Gasteiger partial charge in [-0.3, -0.25) is 0 Å². The molecule has 0 unspecified atom stereocenters. The third-order valence-electron chi connectivity index (χ3n) is 3.36. The van der Waals surface area contributed by atoms with E-state index >= 15 is 0 Å². The van der Waals surface area contributed by atoms with E-state index in [9.17, 15) is 0 Å². The Morgan fingerprint density at radius 2 is 1.75 bits per heavy atom. The Kier molecular flexibility index (Phi) is 4.94. The molecular weight excluding hydrogens is 349 g/mol. The second-order valence-electron chi connectivity index (χ2n) is 4.96. The van der Waals surface area contributed by atoms with Crippen molar-refractivity contribution < 1.29 is 9.47 Å². The summed E-state index contributed by atoms with van der Waals surface area (Å²) in [5.74, 6) is 1.90. The SMILES string of the molecule is COc1ccc(Oc2cc(CN)nn2-c2ccc(Cl)cc2Cl)cc1. The van der Waals surface area contributed by atoms with Gasteiger partial charge in [-0.25, -0.2) is 0 Å². The van der Waals surface area contributed by atoms with Crippen LogP contribution in [-0.2, 0) is 6.54 Å². The zero-order valence-electron chi connectivity index (χ0n) is 12.9. The number of hydrogen-bond donors (Lipinski definition) is 1. The van der Waals surface area contributed by atoms with E-state index in [1.807, 2.05) is 24.3 Å². The maximum atomic E-state index is 6.28. The summed E-state index contributed by atoms with van der Waals surface area (Å²) >= 11 is 12.2. The third kappa shape index (κ3) is 3.48. The van der Waals surface area contributed by atoms with Gasteiger partial charge in [0.05, 0.1) is 23.5 Å². The first kappa shape index (κ1) is 16.6. The second-order valence-corrected chi connectivity index (χ2v) is 5.81. The standard InChI is InChI=1S/C17H15Cl2N3O2/c1-23-13-3-5-14(6-4-13)24-17-9-12(10-20)21-22(17)16-7-2-11(18)8-15(16)19/h2-9H,10,20H2,1H3. The van der Waals surface area contributed by atoms with Crippen molar-refractivity contribution in [2.24, 2.45) is 5.73 Å². The van der Waals surface area contributed by atoms with Crippen LogP contribution >= 0.6 is 23.2 Å². The van der Waals surface area contributed by atoms with Crippen molar-refractivity contribution in [2.45, 2.75) is 6.54 Å². The molecule has 0 aliphatic heterocycles. The Morgan fingerprint density at radius 3 is 2.38 bits per heavy atom. The molecule has 3 rings (SSSR count). The maximum absolute atomic E-state index is 6.28. The third-order valence-corrected chi connectivity index (χ3v) is 3.89. The number of rotatable bonds is 5. The molecule has 0 saturated heterocycles. The molecule has 5 nitrogen and oxygen atoms in total. The van der Waals surface area contributed by atoms with Crippen LogP contribution < -0.4 is 15.2 Å². The number of nitrogens with zero attached hydrogens (tertiary/aromatic N) is 2. The van der Waals surface area contributed by atoms with Crippen LogP contribution in [0.25, 0.3) is 5.69 Å². The summed E-state index contributed by atoms with van der Waals surface area (Å²) in [5, 5.41) is 5.45. The molecule has 0 aliphatic rings. The molecule has 0 atom stereocenters. The van der Waals surface area contributed by atoms with E-state index in [0.717, 1.165) is 5.75 Å². The van der Waals surface area contributed by atoms with Crippen LogP contribution in [0.4, 0.5) is 0 Å². The topological polar surface area (TPSA) is 62.3 Å². The normalized spacial score (nSPS) is 10.7. The summed E-state index contributed by atoms with van der Waals surface area (Å²) in [7, 11) is 1.61. The van der Waals surface area contributed by atoms with Crippen molar-refractivity contribution in [1.29, 1.82) is 0 Å². The van der Waals surface area contributed by atoms with E-state index in [0.29, 0.717) is 33.1 Å². The summed E-state index contributed by atoms with van der Waals surface area (Å²) in [6, 6.07) is 14.2. The Balaban J connectivity index is 1.99. The highest BCUT2D eigenvalue weighted by Crippen LogP contribution is 2.31. The van der Waals surface area contributed by atoms with Gasteiger partial charge in [-0.05, 0) is 42.5 Å². The van der Waals surface area contributed by atoms with Gasteiger partial charge in [-0.1, -0.05) is 23.2 Å². The molecule has 2 N–H and O–H groups in total. The zero-order chi connectivity index (χ0) is 17.1. The molecule has 0 fully saturated rings. The van der Waals surface area contributed by atoms with Gasteiger partial charge in [0.15, 0.2) is 0 Å². The molecule has 1 heterocycles. The van der Waals surface area contributed by atoms with Gasteiger partial charge in [0.25, 0.3) is 0 Å². The van der Waals surface area contributed by atoms with Crippen molar-refractivity contribution in [3.8, 4) is 23.1 Å². The minimum atomic E-state index is 0.289. The molecule has 7 heteroatoms. The number of methoxy groups -OCH3 is 1. The van der Waals surface area contributed by atoms with Crippen molar-refractivity contribution in [3.05, 3.63) is 64.3 Å². The number of benzene rings is 2. The lowest BCUT2D eigenvalue weighted by Crippen LogP contribution is -2.02. The lowest BCUT2D eigenvalue weighted by molar-refractivity contribution is 0.411. The summed E-state index contributed by atoms with van der Waals surface area (Å²) in [5.41, 5.74) is 7.04. The maximum Gasteiger partial charge on any atom is 0.222 e. The Morgan fingerprint density at radius 1 is 1.04 bits per heavy atom. The minimum absolute atomic E-state index is 0.289. The average Bonchev–Trinajstić information content (AvgIpc) is 2.98. The zero-order valence-corrected chi connectivity index (χ0v) is 14.4. The van der Waals surface area contributed by atoms with Crippen molar-refractivity contribution in [1.82, 2.24) is 9.78 Å². The van der Waals surface area contributed by atoms with Gasteiger partial charge < -0.3 is 15.2 Å². The smallest absolute Gasteiger partial charge is 0.222 e. The van der Waals surface area contributed by atoms with Crippen LogP contribution in [0, 0.1) is 0 Å². The molecule has 1 aromatic heterocycles. The minimum Gasteiger partial charge on any atom is -0.497 e. The highest BCUT2D eigenvalue weighted by Gasteiger charge is 2.14. The first-order valence-electron chi connectivity index (χ1n) is 7.17. The molecule has 0 amide bonds. The monoisotopic (exact) mass is 363 g/mol. The summed E-state index contributed by atoms with van der Waals surface area (Å²) in [4.78, 5) is 0. The largest absolute Gasteiger partial charge is 0.497 e. The van der Waals surface area contributed by atoms with Crippen LogP contribution in [0.5, 0.6) is 17.4 Å². The number of aromatic nitrogens is 2. The van der Waals surface area contributed by atoms with Gasteiger partial charge in [-0.15, -0.1) is 0 Å². The average molecular weight is 364 g/mol. The van der Waals surface area contributed by atoms with Crippen molar-refractivity contribution in [3.63, 3.8) is 0 Å². The van der Waals surface area contributed by atoms with Gasteiger partial charge in [-0.2, -0.15) is 9.78 Å². The molecule has 0 radical (unpaired) electrons. The second kappa shape index (κ2) is 7.13. The molecular formula is C17H15Cl2N3O2. The van der Waals surface area contributed by atoms with Gasteiger partial charge in [0.1, 0.15) is 11.5 Å². The fraction of sp³-hybridized carbons (Fsp3) is 0.118. The Hall–Kier alpha value is -2.21. The fourth-order valence-corrected chi connectivity index (χ4v) is 2.66. The molecule has 0 saturated carbocycles. The van der Waals surface area contributed by atoms with Crippen LogP contribution in [0.1, 0.15) is 5.69 Å². The van der Waals surface area contributed by atoms with Crippen LogP contribution in [0.3, 0.4) is 0 Å². The van der Waals surface area contributed by atoms with E-state index in [1.54, 1.807) is 36.1 Å². The fourth-order valence-electron chi connectivity index (χ4n) is 2.17. The number of hydrogen-bond acceptors (Lipinski definition) is 4. The van der Waals surface area contributed by atoms with Crippen molar-refractivity contribution in [2.75, 3.05) is 7.11 Å². The van der Waals surface area contributed by atoms with E-state index in [1.165, 1.54) is 0 Å². The molecule has 3 aromatic rings. The molecule has 124 valence electrons. The summed E-state index contributed by atoms with van der Waals surface area (Å²) in [6.07, 6.45) is 0. The molecule has 2 aromatic carbocycles. The van der Waals surface area contributed by atoms with Crippen LogP contribution in [0.2, 0.25) is 10.0 Å². The lowest BCUT2D eigenvalue weighted by Gasteiger charge is -2.11. The molecule has 0 spiro atoms. The molecule has 0 bridgehead atoms. The highest BCUT2D eigenvalue weighted by atomic mass is 35.5. The van der Waals surface area contributed by atoms with E-state index < -0.39 is 0 Å². The molecule has 24 heavy (non-hydrogen) atoms. The number of halogens is 2. The first-order valence-corrected chi connectivity index (χ1v) is 7.92. The van der Waals surface area contributed by atoms with E-state index in [4.69, 9.17) is 38.4 Å². The highest BCUT2D eigenvalue weighted by molar-refractivity contribution is 6.35. The van der Waals surface area contributed by atoms with Crippen LogP contribution in [0.15, 0.2) is 48.5 Å². The van der Waals surface area contributed by atoms with E-state index in [-0.39, 0.29) is 6.54 Å². The first-order chi connectivity index (χ1) is 11.6. The molecule has 0 aliphatic carbocycles. The predicted octanol–water partition coefficient (Wildman–Crippen LogP) is 4.44. The quantitative estimate of drug-likeness (QED) is 0.727. The Labute approximate surface area is 149 Å². The van der Waals surface area contributed by atoms with Gasteiger partial charge >= 0.3 is 0 Å². The number of nitrogens with two attached hydrogens (primary N) is 1. The lowest BCUT2D eigenvalue weighted by atomic mass is 10.3. The van der Waals surface area contributed by atoms with Gasteiger partial charge in [0.2, 0.25) is 5.88 Å². The van der Waals surface area contributed by atoms with Crippen molar-refractivity contribution >= 4 is 23.2 Å². The van der Waals surface area contributed by atoms with Gasteiger partial charge in [0, 0.05) is 17.6 Å². The summed E-state index contributed by atoms with van der Waals surface area (Å²) in [6.45, 7) is 0.289. The Bertz CT molecular complexity index is 848. The van der Waals surface area contributed by atoms with Crippen LogP contribution in [-0.4, -0.2) is 16.9 Å². The van der Waals surface area contributed by atoms with E-state index in [2.05, 4.69) is 5.10 Å².